The molecule has 55 heavy (non-hydrogen) atoms. The summed E-state index contributed by atoms with van der Waals surface area (Å²) in [6.45, 7) is -0.811. The maximum atomic E-state index is 12.7. The number of carbonyl (C=O) groups is 3. The van der Waals surface area contributed by atoms with Crippen molar-refractivity contribution in [2.45, 2.75) is 118 Å². The van der Waals surface area contributed by atoms with E-state index in [1.807, 2.05) is 0 Å². The van der Waals surface area contributed by atoms with E-state index in [-0.39, 0.29) is 11.4 Å². The van der Waals surface area contributed by atoms with Crippen LogP contribution >= 0.6 is 0 Å². The van der Waals surface area contributed by atoms with Gasteiger partial charge in [0.05, 0.1) is 36.9 Å². The predicted octanol–water partition coefficient (Wildman–Crippen LogP) is -6.08. The first-order valence-corrected chi connectivity index (χ1v) is 16.8. The van der Waals surface area contributed by atoms with E-state index in [1.54, 1.807) is 0 Å². The third kappa shape index (κ3) is 9.99. The lowest BCUT2D eigenvalue weighted by Crippen LogP contribution is -2.70. The lowest BCUT2D eigenvalue weighted by atomic mass is 9.88. The maximum Gasteiger partial charge on any atom is 0.364 e. The fourth-order valence-electron chi connectivity index (χ4n) is 6.31. The summed E-state index contributed by atoms with van der Waals surface area (Å²) in [5.74, 6) is -6.41. The number of nitro groups is 1. The largest absolute Gasteiger partial charge is 0.477 e. The minimum atomic E-state index is -2.91. The van der Waals surface area contributed by atoms with Gasteiger partial charge in [0, 0.05) is 32.4 Å². The van der Waals surface area contributed by atoms with Gasteiger partial charge in [-0.25, -0.2) is 4.79 Å². The average Bonchev–Trinajstić information content (AvgIpc) is 3.13. The number of rotatable bonds is 15. The Balaban J connectivity index is 1.71. The van der Waals surface area contributed by atoms with Gasteiger partial charge in [-0.3, -0.25) is 19.7 Å². The number of nitrogens with zero attached hydrogens (tertiary/aromatic N) is 1. The van der Waals surface area contributed by atoms with Crippen LogP contribution in [0.5, 0.6) is 5.75 Å². The average molecular weight is 796 g/mol. The molecule has 0 radical (unpaired) electrons. The van der Waals surface area contributed by atoms with Crippen molar-refractivity contribution < 1.29 is 98.8 Å². The molecule has 310 valence electrons. The number of hydrogen-bond acceptors (Lipinski definition) is 20. The van der Waals surface area contributed by atoms with Crippen LogP contribution in [-0.4, -0.2) is 191 Å². The van der Waals surface area contributed by atoms with Gasteiger partial charge >= 0.3 is 5.97 Å². The molecular weight excluding hydrogens is 750 g/mol. The lowest BCUT2D eigenvalue weighted by Gasteiger charge is -2.49. The number of hydrogen-bond donors (Lipinski definition) is 12. The number of nitro benzene ring substituents is 1. The van der Waals surface area contributed by atoms with E-state index in [9.17, 15) is 75.6 Å². The Labute approximate surface area is 310 Å². The number of ether oxygens (including phenoxy) is 6. The molecule has 3 saturated heterocycles. The smallest absolute Gasteiger partial charge is 0.364 e. The van der Waals surface area contributed by atoms with Crippen molar-refractivity contribution in [2.24, 2.45) is 0 Å². The van der Waals surface area contributed by atoms with Crippen molar-refractivity contribution in [2.75, 3.05) is 19.8 Å². The predicted molar refractivity (Wildman–Crippen MR) is 173 cm³/mol. The Kier molecular flexibility index (Phi) is 14.8. The molecule has 1 aromatic rings. The van der Waals surface area contributed by atoms with Crippen LogP contribution in [0.3, 0.4) is 0 Å². The van der Waals surface area contributed by atoms with Gasteiger partial charge in [-0.1, -0.05) is 0 Å². The highest BCUT2D eigenvalue weighted by molar-refractivity contribution is 5.76. The van der Waals surface area contributed by atoms with Gasteiger partial charge in [0.2, 0.25) is 18.1 Å². The van der Waals surface area contributed by atoms with E-state index in [0.717, 1.165) is 38.1 Å². The third-order valence-electron chi connectivity index (χ3n) is 9.15. The second-order valence-electron chi connectivity index (χ2n) is 13.1. The number of nitrogens with one attached hydrogen (secondary N) is 2. The lowest BCUT2D eigenvalue weighted by molar-refractivity contribution is -0.384. The Morgan fingerprint density at radius 3 is 2.05 bits per heavy atom. The van der Waals surface area contributed by atoms with Gasteiger partial charge in [-0.15, -0.1) is 0 Å². The molecule has 0 unspecified atom stereocenters. The van der Waals surface area contributed by atoms with E-state index in [4.69, 9.17) is 28.4 Å². The van der Waals surface area contributed by atoms with Crippen LogP contribution in [0.4, 0.5) is 5.69 Å². The van der Waals surface area contributed by atoms with E-state index >= 15 is 0 Å². The third-order valence-corrected chi connectivity index (χ3v) is 9.15. The molecule has 0 bridgehead atoms. The summed E-state index contributed by atoms with van der Waals surface area (Å²) >= 11 is 0. The van der Waals surface area contributed by atoms with Gasteiger partial charge in [-0.05, 0) is 12.1 Å². The number of aliphatic hydroxyl groups is 9. The van der Waals surface area contributed by atoms with Crippen LogP contribution in [0.2, 0.25) is 0 Å². The molecule has 12 N–H and O–H groups in total. The minimum Gasteiger partial charge on any atom is -0.477 e. The number of carboxylic acids is 1. The van der Waals surface area contributed by atoms with Crippen LogP contribution in [0.15, 0.2) is 24.3 Å². The Morgan fingerprint density at radius 1 is 0.909 bits per heavy atom. The van der Waals surface area contributed by atoms with Gasteiger partial charge in [0.1, 0.15) is 72.8 Å². The topological polar surface area (TPSA) is 376 Å². The number of aliphatic hydroxyl groups excluding tert-OH is 9. The van der Waals surface area contributed by atoms with Gasteiger partial charge in [-0.2, -0.15) is 0 Å². The number of carbonyl (C=O) groups excluding carboxylic acids is 2. The number of carboxylic acid groups (broad SMARTS) is 1. The molecule has 0 saturated carbocycles. The highest BCUT2D eigenvalue weighted by Crippen LogP contribution is 2.36. The molecule has 3 heterocycles. The molecule has 3 aliphatic rings. The van der Waals surface area contributed by atoms with Crippen LogP contribution < -0.4 is 15.4 Å². The molecule has 0 aromatic heterocycles. The standard InChI is InChI=1S/C31H45N3O21/c1-11(37)32-19-15(39)7-31(30(46)47,55-27(19)21(41)16(40)8-35)50-10-18-23(43)26(54-29-25(45)24(44)22(42)17(9-36)52-29)20(33-12(2)38)28(53-18)51-14-5-3-13(4-6-14)34(48)49/h3-6,15-29,35-36,39-45H,7-10H2,1-2H3,(H,32,37)(H,33,38)(H,46,47)/t15-,16+,17+,18+,19+,20+,21+,22-,23-,24-,25+,26+,27+,28+,29-,31+/m0/s1. The van der Waals surface area contributed by atoms with Crippen molar-refractivity contribution in [1.82, 2.24) is 10.6 Å². The molecule has 3 fully saturated rings. The highest BCUT2D eigenvalue weighted by Gasteiger charge is 2.58. The summed E-state index contributed by atoms with van der Waals surface area (Å²) in [5.41, 5.74) is -0.329. The van der Waals surface area contributed by atoms with Crippen LogP contribution in [-0.2, 0) is 38.1 Å². The summed E-state index contributed by atoms with van der Waals surface area (Å²) in [7, 11) is 0. The minimum absolute atomic E-state index is 0.0994. The second-order valence-corrected chi connectivity index (χ2v) is 13.1. The zero-order valence-electron chi connectivity index (χ0n) is 29.2. The summed E-state index contributed by atoms with van der Waals surface area (Å²) in [4.78, 5) is 47.6. The Bertz CT molecular complexity index is 1490. The summed E-state index contributed by atoms with van der Waals surface area (Å²) < 4.78 is 34.3. The fourth-order valence-corrected chi connectivity index (χ4v) is 6.31. The molecule has 4 rings (SSSR count). The molecule has 0 spiro atoms. The fraction of sp³-hybridized carbons (Fsp3) is 0.710. The van der Waals surface area contributed by atoms with Crippen LogP contribution in [0, 0.1) is 10.1 Å². The van der Waals surface area contributed by atoms with E-state index < -0.39 is 147 Å². The molecule has 0 aliphatic carbocycles. The Hall–Kier alpha value is -3.73. The molecule has 2 amide bonds. The SMILES string of the molecule is CC(=O)N[C@H]1[C@H](Oc2ccc([N+](=O)[O-])cc2)O[C@H](CO[C@]2(C(=O)O)C[C@H](O)[C@@H](NC(C)=O)[C@H]([C@H](O)[C@H](O)CO)O2)[C@H](O)[C@@H]1O[C@@H]1O[C@H](CO)[C@H](O)[C@H](O)[C@H]1O. The molecule has 24 nitrogen and oxygen atoms in total. The number of amides is 2. The van der Waals surface area contributed by atoms with Crippen molar-refractivity contribution in [3.8, 4) is 5.75 Å². The monoisotopic (exact) mass is 795 g/mol. The number of non-ortho nitro benzene ring substituents is 1. The van der Waals surface area contributed by atoms with Crippen molar-refractivity contribution >= 4 is 23.5 Å². The number of aliphatic carboxylic acids is 1. The summed E-state index contributed by atoms with van der Waals surface area (Å²) in [6.07, 6.45) is -25.2. The van der Waals surface area contributed by atoms with E-state index in [2.05, 4.69) is 10.6 Å². The van der Waals surface area contributed by atoms with E-state index in [0.29, 0.717) is 0 Å². The maximum absolute atomic E-state index is 12.7. The first-order valence-electron chi connectivity index (χ1n) is 16.8. The Morgan fingerprint density at radius 2 is 1.51 bits per heavy atom. The highest BCUT2D eigenvalue weighted by atomic mass is 16.8. The quantitative estimate of drug-likeness (QED) is 0.0580. The van der Waals surface area contributed by atoms with Gasteiger partial charge in [0.15, 0.2) is 6.29 Å². The van der Waals surface area contributed by atoms with Crippen molar-refractivity contribution in [1.29, 1.82) is 0 Å². The zero-order valence-corrected chi connectivity index (χ0v) is 29.2. The van der Waals surface area contributed by atoms with Gasteiger partial charge < -0.3 is 90.1 Å². The molecular formula is C31H45N3O21. The molecule has 16 atom stereocenters. The first kappa shape index (κ1) is 44.0. The van der Waals surface area contributed by atoms with Gasteiger partial charge in [0.25, 0.3) is 11.5 Å². The van der Waals surface area contributed by atoms with Crippen molar-refractivity contribution in [3.05, 3.63) is 34.4 Å². The number of benzene rings is 1. The van der Waals surface area contributed by atoms with Crippen molar-refractivity contribution in [3.63, 3.8) is 0 Å². The second kappa shape index (κ2) is 18.5. The van der Waals surface area contributed by atoms with E-state index in [1.165, 1.54) is 0 Å². The zero-order chi connectivity index (χ0) is 40.9. The molecule has 24 heteroatoms. The summed E-state index contributed by atoms with van der Waals surface area (Å²) in [6, 6.07) is 1.35. The summed E-state index contributed by atoms with van der Waals surface area (Å²) in [5, 5.41) is 120. The first-order chi connectivity index (χ1) is 25.8. The molecule has 3 aliphatic heterocycles. The molecule has 1 aromatic carbocycles. The normalized spacial score (nSPS) is 37.6. The van der Waals surface area contributed by atoms with Crippen LogP contribution in [0.25, 0.3) is 0 Å². The van der Waals surface area contributed by atoms with Crippen LogP contribution in [0.1, 0.15) is 20.3 Å².